The van der Waals surface area contributed by atoms with E-state index < -0.39 is 27.8 Å². The fourth-order valence-electron chi connectivity index (χ4n) is 3.11. The molecule has 0 fully saturated rings. The molecule has 1 unspecified atom stereocenters. The Balaban J connectivity index is 1.98. The average Bonchev–Trinajstić information content (AvgIpc) is 2.66. The van der Waals surface area contributed by atoms with Gasteiger partial charge in [-0.25, -0.2) is 13.2 Å². The molecule has 0 aromatic heterocycles. The largest absolute Gasteiger partial charge is 0.480 e. The number of rotatable bonds is 4. The molecule has 0 aliphatic carbocycles. The Morgan fingerprint density at radius 1 is 1.12 bits per heavy atom. The van der Waals surface area contributed by atoms with Crippen LogP contribution in [0, 0.1) is 0 Å². The van der Waals surface area contributed by atoms with E-state index in [1.165, 1.54) is 36.1 Å². The van der Waals surface area contributed by atoms with Crippen molar-refractivity contribution in [1.82, 2.24) is 4.90 Å². The molecule has 1 aliphatic heterocycles. The number of amides is 1. The Hall–Kier alpha value is -2.67. The van der Waals surface area contributed by atoms with Gasteiger partial charge in [-0.3, -0.25) is 4.79 Å². The number of carbonyl (C=O) groups excluding carboxylic acids is 1. The van der Waals surface area contributed by atoms with E-state index in [9.17, 15) is 23.1 Å². The minimum absolute atomic E-state index is 0.0649. The van der Waals surface area contributed by atoms with E-state index in [0.29, 0.717) is 0 Å². The van der Waals surface area contributed by atoms with E-state index in [4.69, 9.17) is 0 Å². The Morgan fingerprint density at radius 3 is 2.46 bits per heavy atom. The lowest BCUT2D eigenvalue weighted by atomic mass is 9.93. The lowest BCUT2D eigenvalue weighted by Gasteiger charge is -2.34. The molecule has 2 aromatic carbocycles. The second-order valence-corrected chi connectivity index (χ2v) is 8.47. The Labute approximate surface area is 152 Å². The van der Waals surface area contributed by atoms with Crippen LogP contribution in [0.2, 0.25) is 0 Å². The molecule has 0 saturated heterocycles. The molecule has 0 spiro atoms. The molecular formula is C19H19NO5S. The average molecular weight is 373 g/mol. The first-order chi connectivity index (χ1) is 12.3. The number of hydrogen-bond donors (Lipinski definition) is 1. The van der Waals surface area contributed by atoms with Crippen molar-refractivity contribution in [3.05, 3.63) is 65.2 Å². The minimum atomic E-state index is -3.45. The van der Waals surface area contributed by atoms with Gasteiger partial charge in [0.1, 0.15) is 6.04 Å². The predicted octanol–water partition coefficient (Wildman–Crippen LogP) is 2.13. The third kappa shape index (κ3) is 3.35. The highest BCUT2D eigenvalue weighted by Crippen LogP contribution is 2.26. The van der Waals surface area contributed by atoms with Crippen molar-refractivity contribution in [2.45, 2.75) is 30.8 Å². The summed E-state index contributed by atoms with van der Waals surface area (Å²) in [6.45, 7) is 1.71. The number of carboxylic acids is 1. The molecule has 0 saturated carbocycles. The van der Waals surface area contributed by atoms with Gasteiger partial charge in [0.25, 0.3) is 5.91 Å². The van der Waals surface area contributed by atoms with Crippen LogP contribution in [-0.2, 0) is 27.6 Å². The summed E-state index contributed by atoms with van der Waals surface area (Å²) in [5.74, 6) is -1.63. The van der Waals surface area contributed by atoms with Gasteiger partial charge in [0.05, 0.1) is 10.6 Å². The van der Waals surface area contributed by atoms with E-state index >= 15 is 0 Å². The summed E-state index contributed by atoms with van der Waals surface area (Å²) in [6.07, 6.45) is 0.226. The van der Waals surface area contributed by atoms with Crippen molar-refractivity contribution in [1.29, 1.82) is 0 Å². The molecule has 1 amide bonds. The number of aliphatic carboxylic acids is 1. The van der Waals surface area contributed by atoms with Gasteiger partial charge in [-0.1, -0.05) is 37.3 Å². The molecule has 26 heavy (non-hydrogen) atoms. The molecule has 1 heterocycles. The number of carboxylic acid groups (broad SMARTS) is 1. The fourth-order valence-corrected chi connectivity index (χ4v) is 4.04. The maximum atomic E-state index is 13.0. The first-order valence-electron chi connectivity index (χ1n) is 8.27. The molecule has 1 aliphatic rings. The van der Waals surface area contributed by atoms with Gasteiger partial charge >= 0.3 is 5.97 Å². The highest BCUT2D eigenvalue weighted by atomic mass is 32.2. The summed E-state index contributed by atoms with van der Waals surface area (Å²) in [5.41, 5.74) is 1.98. The number of hydrogen-bond acceptors (Lipinski definition) is 4. The van der Waals surface area contributed by atoms with Crippen LogP contribution in [0.1, 0.15) is 28.4 Å². The van der Waals surface area contributed by atoms with Crippen molar-refractivity contribution < 1.29 is 23.1 Å². The zero-order valence-electron chi connectivity index (χ0n) is 14.3. The van der Waals surface area contributed by atoms with Crippen LogP contribution in [-0.4, -0.2) is 42.1 Å². The van der Waals surface area contributed by atoms with Crippen molar-refractivity contribution in [2.24, 2.45) is 0 Å². The van der Waals surface area contributed by atoms with E-state index in [1.807, 2.05) is 24.3 Å². The number of nitrogens with zero attached hydrogens (tertiary/aromatic N) is 1. The van der Waals surface area contributed by atoms with E-state index in [-0.39, 0.29) is 29.2 Å². The molecule has 6 nitrogen and oxygen atoms in total. The van der Waals surface area contributed by atoms with Gasteiger partial charge in [-0.15, -0.1) is 0 Å². The van der Waals surface area contributed by atoms with Crippen LogP contribution in [0.5, 0.6) is 0 Å². The van der Waals surface area contributed by atoms with Crippen LogP contribution >= 0.6 is 0 Å². The lowest BCUT2D eigenvalue weighted by Crippen LogP contribution is -2.48. The Morgan fingerprint density at radius 2 is 1.81 bits per heavy atom. The zero-order chi connectivity index (χ0) is 18.9. The standard InChI is InChI=1S/C19H19NO5S/c1-2-26(24,25)16-9-5-8-14(10-16)18(21)20-12-15-7-4-3-6-13(15)11-17(20)19(22)23/h3-10,17H,2,11-12H2,1H3,(H,22,23). The summed E-state index contributed by atoms with van der Waals surface area (Å²) in [4.78, 5) is 26.0. The van der Waals surface area contributed by atoms with Crippen LogP contribution in [0.15, 0.2) is 53.4 Å². The maximum absolute atomic E-state index is 13.0. The molecule has 0 radical (unpaired) electrons. The van der Waals surface area contributed by atoms with Crippen molar-refractivity contribution >= 4 is 21.7 Å². The topological polar surface area (TPSA) is 91.8 Å². The van der Waals surface area contributed by atoms with E-state index in [0.717, 1.165) is 11.1 Å². The van der Waals surface area contributed by atoms with E-state index in [2.05, 4.69) is 0 Å². The van der Waals surface area contributed by atoms with Crippen LogP contribution in [0.3, 0.4) is 0 Å². The number of sulfone groups is 1. The van der Waals surface area contributed by atoms with Gasteiger partial charge in [-0.05, 0) is 29.3 Å². The summed E-state index contributed by atoms with van der Waals surface area (Å²) in [5, 5.41) is 9.56. The summed E-state index contributed by atoms with van der Waals surface area (Å²) in [7, 11) is -3.45. The Kier molecular flexibility index (Phi) is 4.82. The third-order valence-electron chi connectivity index (χ3n) is 4.61. The lowest BCUT2D eigenvalue weighted by molar-refractivity contribution is -0.142. The minimum Gasteiger partial charge on any atom is -0.480 e. The highest BCUT2D eigenvalue weighted by Gasteiger charge is 2.35. The molecular weight excluding hydrogens is 354 g/mol. The summed E-state index contributed by atoms with van der Waals surface area (Å²) >= 11 is 0. The second kappa shape index (κ2) is 6.92. The van der Waals surface area contributed by atoms with Crippen LogP contribution in [0.25, 0.3) is 0 Å². The number of carbonyl (C=O) groups is 2. The van der Waals surface area contributed by atoms with Gasteiger partial charge in [-0.2, -0.15) is 0 Å². The van der Waals surface area contributed by atoms with Gasteiger partial charge in [0.15, 0.2) is 9.84 Å². The van der Waals surface area contributed by atoms with Gasteiger partial charge in [0.2, 0.25) is 0 Å². The fraction of sp³-hybridized carbons (Fsp3) is 0.263. The van der Waals surface area contributed by atoms with Crippen LogP contribution in [0.4, 0.5) is 0 Å². The summed E-state index contributed by atoms with van der Waals surface area (Å²) < 4.78 is 24.1. The second-order valence-electron chi connectivity index (χ2n) is 6.19. The van der Waals surface area contributed by atoms with E-state index in [1.54, 1.807) is 0 Å². The molecule has 7 heteroatoms. The quantitative estimate of drug-likeness (QED) is 0.886. The molecule has 1 N–H and O–H groups in total. The van der Waals surface area contributed by atoms with Crippen molar-refractivity contribution in [3.8, 4) is 0 Å². The molecule has 136 valence electrons. The highest BCUT2D eigenvalue weighted by molar-refractivity contribution is 7.91. The number of fused-ring (bicyclic) bond motifs is 1. The molecule has 1 atom stereocenters. The SMILES string of the molecule is CCS(=O)(=O)c1cccc(C(=O)N2Cc3ccccc3CC2C(=O)O)c1. The summed E-state index contributed by atoms with van der Waals surface area (Å²) in [6, 6.07) is 12.2. The Bertz CT molecular complexity index is 967. The van der Waals surface area contributed by atoms with Gasteiger partial charge < -0.3 is 10.0 Å². The normalized spacial score (nSPS) is 16.8. The molecule has 2 aromatic rings. The van der Waals surface area contributed by atoms with Crippen molar-refractivity contribution in [2.75, 3.05) is 5.75 Å². The predicted molar refractivity (Wildman–Crippen MR) is 95.6 cm³/mol. The first-order valence-corrected chi connectivity index (χ1v) is 9.92. The maximum Gasteiger partial charge on any atom is 0.326 e. The monoisotopic (exact) mass is 373 g/mol. The van der Waals surface area contributed by atoms with Gasteiger partial charge in [0, 0.05) is 18.5 Å². The van der Waals surface area contributed by atoms with Crippen molar-refractivity contribution in [3.63, 3.8) is 0 Å². The smallest absolute Gasteiger partial charge is 0.326 e. The molecule has 3 rings (SSSR count). The first kappa shape index (κ1) is 18.1. The van der Waals surface area contributed by atoms with Crippen LogP contribution < -0.4 is 0 Å². The zero-order valence-corrected chi connectivity index (χ0v) is 15.1. The third-order valence-corrected chi connectivity index (χ3v) is 6.35. The number of benzene rings is 2. The molecule has 0 bridgehead atoms.